The summed E-state index contributed by atoms with van der Waals surface area (Å²) >= 11 is 0. The van der Waals surface area contributed by atoms with Gasteiger partial charge in [-0.3, -0.25) is 14.2 Å². The number of pyridine rings is 1. The van der Waals surface area contributed by atoms with E-state index in [4.69, 9.17) is 23.7 Å². The number of carbonyl (C=O) groups is 1. The van der Waals surface area contributed by atoms with Crippen LogP contribution >= 0.6 is 0 Å². The maximum Gasteiger partial charge on any atom is 0.282 e. The lowest BCUT2D eigenvalue weighted by Gasteiger charge is -2.17. The van der Waals surface area contributed by atoms with Gasteiger partial charge in [0.1, 0.15) is 22.9 Å². The molecule has 170 valence electrons. The van der Waals surface area contributed by atoms with Gasteiger partial charge in [0.05, 0.1) is 35.0 Å². The Kier molecular flexibility index (Phi) is 6.83. The predicted molar refractivity (Wildman–Crippen MR) is 115 cm³/mol. The van der Waals surface area contributed by atoms with Crippen molar-refractivity contribution < 1.29 is 28.0 Å². The van der Waals surface area contributed by atoms with Crippen molar-refractivity contribution in [3.63, 3.8) is 0 Å². The number of nitrogens with one attached hydrogen (secondary N) is 2. The van der Waals surface area contributed by atoms with E-state index in [1.54, 1.807) is 29.2 Å². The molecule has 0 aliphatic carbocycles. The number of aromatic nitrogens is 3. The summed E-state index contributed by atoms with van der Waals surface area (Å²) in [5.41, 5.74) is 0.621. The Labute approximate surface area is 185 Å². The van der Waals surface area contributed by atoms with Crippen molar-refractivity contribution in [2.24, 2.45) is 0 Å². The fourth-order valence-corrected chi connectivity index (χ4v) is 4.27. The molecular formula is C20H23N5O6S. The van der Waals surface area contributed by atoms with Crippen LogP contribution in [0, 0.1) is 4.78 Å². The largest absolute Gasteiger partial charge is 0.496 e. The van der Waals surface area contributed by atoms with E-state index in [2.05, 4.69) is 14.8 Å². The molecule has 32 heavy (non-hydrogen) atoms. The third-order valence-corrected chi connectivity index (χ3v) is 5.90. The molecule has 0 spiro atoms. The molecule has 0 aliphatic heterocycles. The van der Waals surface area contributed by atoms with Crippen LogP contribution in [0.15, 0.2) is 47.6 Å². The number of nitrogens with zero attached hydrogens (tertiary/aromatic N) is 3. The van der Waals surface area contributed by atoms with Crippen molar-refractivity contribution in [1.82, 2.24) is 19.5 Å². The van der Waals surface area contributed by atoms with Gasteiger partial charge in [-0.05, 0) is 18.2 Å². The van der Waals surface area contributed by atoms with Crippen molar-refractivity contribution in [2.75, 3.05) is 28.4 Å². The van der Waals surface area contributed by atoms with Crippen LogP contribution in [0.25, 0.3) is 0 Å². The highest BCUT2D eigenvalue weighted by atomic mass is 32.2. The highest BCUT2D eigenvalue weighted by molar-refractivity contribution is 7.91. The molecule has 0 radical (unpaired) electrons. The van der Waals surface area contributed by atoms with Gasteiger partial charge >= 0.3 is 0 Å². The summed E-state index contributed by atoms with van der Waals surface area (Å²) in [7, 11) is 1.68. The fourth-order valence-electron chi connectivity index (χ4n) is 2.95. The number of hydrogen-bond donors (Lipinski definition) is 2. The van der Waals surface area contributed by atoms with E-state index < -0.39 is 15.8 Å². The first kappa shape index (κ1) is 22.9. The van der Waals surface area contributed by atoms with E-state index in [0.29, 0.717) is 17.9 Å². The van der Waals surface area contributed by atoms with Crippen LogP contribution in [0.5, 0.6) is 23.1 Å². The minimum atomic E-state index is -3.89. The second kappa shape index (κ2) is 9.56. The summed E-state index contributed by atoms with van der Waals surface area (Å²) < 4.78 is 46.4. The van der Waals surface area contributed by atoms with E-state index in [0.717, 1.165) is 0 Å². The zero-order valence-electron chi connectivity index (χ0n) is 17.9. The standard InChI is InChI=1S/C20H23N5O6S/c1-28-14-10-16(29-2)18(17(11-14)30-3)32(21,27)24-19(26)15-7-6-13(20(23-15)31-4)12-25-9-5-8-22-25/h5-11H,12H2,1-4H3,(H2,21,24,26,27)/t32-/m0/s1. The molecular weight excluding hydrogens is 438 g/mol. The van der Waals surface area contributed by atoms with Gasteiger partial charge in [-0.2, -0.15) is 5.10 Å². The summed E-state index contributed by atoms with van der Waals surface area (Å²) in [6, 6.07) is 7.79. The van der Waals surface area contributed by atoms with Crippen molar-refractivity contribution in [3.8, 4) is 23.1 Å². The molecule has 0 bridgehead atoms. The summed E-state index contributed by atoms with van der Waals surface area (Å²) in [4.78, 5) is 16.9. The molecule has 1 aromatic carbocycles. The van der Waals surface area contributed by atoms with Crippen LogP contribution in [0.2, 0.25) is 0 Å². The van der Waals surface area contributed by atoms with Gasteiger partial charge in [0.2, 0.25) is 5.88 Å². The first-order valence-corrected chi connectivity index (χ1v) is 10.8. The number of carbonyl (C=O) groups excluding carboxylic acids is 1. The number of ether oxygens (including phenoxy) is 4. The third kappa shape index (κ3) is 4.75. The summed E-state index contributed by atoms with van der Waals surface area (Å²) in [5, 5.41) is 4.13. The van der Waals surface area contributed by atoms with Crippen molar-refractivity contribution >= 4 is 15.8 Å². The lowest BCUT2D eigenvalue weighted by Crippen LogP contribution is -2.31. The van der Waals surface area contributed by atoms with Gasteiger partial charge < -0.3 is 18.9 Å². The van der Waals surface area contributed by atoms with Crippen molar-refractivity contribution in [1.29, 1.82) is 4.78 Å². The van der Waals surface area contributed by atoms with E-state index in [1.807, 2.05) is 0 Å². The first-order chi connectivity index (χ1) is 15.3. The number of methoxy groups -OCH3 is 4. The minimum absolute atomic E-state index is 0.0709. The number of amides is 1. The van der Waals surface area contributed by atoms with Crippen LogP contribution in [0.4, 0.5) is 0 Å². The van der Waals surface area contributed by atoms with E-state index in [1.165, 1.54) is 46.6 Å². The average molecular weight is 462 g/mol. The molecule has 0 unspecified atom stereocenters. The number of benzene rings is 1. The summed E-state index contributed by atoms with van der Waals surface area (Å²) in [5.74, 6) is -0.0931. The second-order valence-electron chi connectivity index (χ2n) is 6.42. The van der Waals surface area contributed by atoms with E-state index >= 15 is 0 Å². The highest BCUT2D eigenvalue weighted by Crippen LogP contribution is 2.37. The normalized spacial score (nSPS) is 12.5. The molecule has 0 aliphatic rings. The summed E-state index contributed by atoms with van der Waals surface area (Å²) in [6.07, 6.45) is 3.43. The van der Waals surface area contributed by atoms with Crippen LogP contribution in [0.3, 0.4) is 0 Å². The van der Waals surface area contributed by atoms with Crippen LogP contribution in [0.1, 0.15) is 16.1 Å². The molecule has 11 nitrogen and oxygen atoms in total. The van der Waals surface area contributed by atoms with Crippen LogP contribution in [-0.2, 0) is 16.5 Å². The molecule has 2 aromatic heterocycles. The Hall–Kier alpha value is -3.80. The average Bonchev–Trinajstić information content (AvgIpc) is 3.30. The molecule has 3 rings (SSSR count). The zero-order chi connectivity index (χ0) is 23.3. The van der Waals surface area contributed by atoms with E-state index in [9.17, 15) is 9.00 Å². The Morgan fingerprint density at radius 2 is 1.78 bits per heavy atom. The van der Waals surface area contributed by atoms with Crippen molar-refractivity contribution in [2.45, 2.75) is 11.4 Å². The van der Waals surface area contributed by atoms with Crippen molar-refractivity contribution in [3.05, 3.63) is 54.0 Å². The molecule has 0 saturated heterocycles. The molecule has 0 fully saturated rings. The lowest BCUT2D eigenvalue weighted by atomic mass is 10.2. The molecule has 2 N–H and O–H groups in total. The van der Waals surface area contributed by atoms with Gasteiger partial charge in [0.15, 0.2) is 14.8 Å². The Morgan fingerprint density at radius 3 is 2.31 bits per heavy atom. The Balaban J connectivity index is 1.91. The smallest absolute Gasteiger partial charge is 0.282 e. The topological polar surface area (TPSA) is 138 Å². The lowest BCUT2D eigenvalue weighted by molar-refractivity contribution is 0.0976. The number of rotatable bonds is 9. The zero-order valence-corrected chi connectivity index (χ0v) is 18.8. The quantitative estimate of drug-likeness (QED) is 0.494. The molecule has 3 aromatic rings. The Morgan fingerprint density at radius 1 is 1.09 bits per heavy atom. The van der Waals surface area contributed by atoms with Crippen LogP contribution < -0.4 is 23.7 Å². The van der Waals surface area contributed by atoms with Gasteiger partial charge in [-0.25, -0.2) is 14.0 Å². The van der Waals surface area contributed by atoms with E-state index in [-0.39, 0.29) is 28.0 Å². The van der Waals surface area contributed by atoms with Gasteiger partial charge in [0.25, 0.3) is 5.91 Å². The first-order valence-electron chi connectivity index (χ1n) is 9.25. The molecule has 2 heterocycles. The third-order valence-electron chi connectivity index (χ3n) is 4.45. The van der Waals surface area contributed by atoms with Gasteiger partial charge in [-0.15, -0.1) is 0 Å². The molecule has 1 atom stereocenters. The predicted octanol–water partition coefficient (Wildman–Crippen LogP) is 2.11. The minimum Gasteiger partial charge on any atom is -0.496 e. The summed E-state index contributed by atoms with van der Waals surface area (Å²) in [6.45, 7) is 0.389. The van der Waals surface area contributed by atoms with Gasteiger partial charge in [-0.1, -0.05) is 0 Å². The van der Waals surface area contributed by atoms with Crippen LogP contribution in [-0.4, -0.2) is 53.3 Å². The molecule has 12 heteroatoms. The SMILES string of the molecule is COc1cc(OC)c([S@@](=N)(=O)NC(=O)c2ccc(Cn3cccn3)c(OC)n2)c(OC)c1. The maximum absolute atomic E-state index is 13.2. The van der Waals surface area contributed by atoms with Gasteiger partial charge in [0, 0.05) is 30.1 Å². The fraction of sp³-hybridized carbons (Fsp3) is 0.250. The monoisotopic (exact) mass is 461 g/mol. The molecule has 0 saturated carbocycles. The maximum atomic E-state index is 13.2. The Bertz CT molecular complexity index is 1190. The number of hydrogen-bond acceptors (Lipinski definition) is 9. The highest BCUT2D eigenvalue weighted by Gasteiger charge is 2.26. The molecule has 1 amide bonds. The second-order valence-corrected chi connectivity index (χ2v) is 8.14.